The fourth-order valence-corrected chi connectivity index (χ4v) is 1.18. The molecular formula is C9H3F7O. The number of carbonyl (C=O) groups is 1. The van der Waals surface area contributed by atoms with Crippen molar-refractivity contribution in [3.8, 4) is 0 Å². The van der Waals surface area contributed by atoms with Gasteiger partial charge >= 0.3 is 12.4 Å². The lowest BCUT2D eigenvalue weighted by atomic mass is 10.0. The molecule has 1 rings (SSSR count). The molecule has 1 nitrogen and oxygen atoms in total. The quantitative estimate of drug-likeness (QED) is 0.556. The van der Waals surface area contributed by atoms with E-state index in [1.54, 1.807) is 0 Å². The molecule has 0 amide bonds. The van der Waals surface area contributed by atoms with Crippen molar-refractivity contribution in [3.05, 3.63) is 34.6 Å². The lowest BCUT2D eigenvalue weighted by Crippen LogP contribution is -2.15. The first kappa shape index (κ1) is 13.5. The van der Waals surface area contributed by atoms with Gasteiger partial charge in [0.15, 0.2) is 6.29 Å². The van der Waals surface area contributed by atoms with E-state index in [0.717, 1.165) is 0 Å². The number of hydrogen-bond donors (Lipinski definition) is 0. The first-order valence-corrected chi connectivity index (χ1v) is 4.00. The molecule has 0 aliphatic rings. The van der Waals surface area contributed by atoms with Gasteiger partial charge in [-0.2, -0.15) is 26.3 Å². The monoisotopic (exact) mass is 260 g/mol. The molecule has 0 saturated carbocycles. The fraction of sp³-hybridized carbons (Fsp3) is 0.222. The summed E-state index contributed by atoms with van der Waals surface area (Å²) in [5.41, 5.74) is -5.03. The Morgan fingerprint density at radius 1 is 0.941 bits per heavy atom. The molecule has 1 aromatic carbocycles. The highest BCUT2D eigenvalue weighted by molar-refractivity contribution is 5.78. The van der Waals surface area contributed by atoms with E-state index in [4.69, 9.17) is 0 Å². The second-order valence-electron chi connectivity index (χ2n) is 3.04. The topological polar surface area (TPSA) is 17.1 Å². The van der Waals surface area contributed by atoms with E-state index in [1.165, 1.54) is 0 Å². The molecule has 0 saturated heterocycles. The zero-order valence-electron chi connectivity index (χ0n) is 7.79. The van der Waals surface area contributed by atoms with Crippen molar-refractivity contribution in [3.63, 3.8) is 0 Å². The molecule has 0 aromatic heterocycles. The summed E-state index contributed by atoms with van der Waals surface area (Å²) in [5, 5.41) is 0. The number of benzene rings is 1. The molecule has 0 aliphatic heterocycles. The van der Waals surface area contributed by atoms with E-state index in [1.807, 2.05) is 0 Å². The van der Waals surface area contributed by atoms with E-state index in [-0.39, 0.29) is 12.1 Å². The summed E-state index contributed by atoms with van der Waals surface area (Å²) in [4.78, 5) is 10.3. The summed E-state index contributed by atoms with van der Waals surface area (Å²) in [5.74, 6) is -2.13. The summed E-state index contributed by atoms with van der Waals surface area (Å²) in [6, 6.07) is -0.339. The lowest BCUT2D eigenvalue weighted by molar-refractivity contribution is -0.143. The predicted molar refractivity (Wildman–Crippen MR) is 41.8 cm³/mol. The Balaban J connectivity index is 3.53. The number of halogens is 7. The predicted octanol–water partition coefficient (Wildman–Crippen LogP) is 3.68. The molecule has 0 N–H and O–H groups in total. The molecule has 0 radical (unpaired) electrons. The van der Waals surface area contributed by atoms with Crippen LogP contribution in [0.5, 0.6) is 0 Å². The lowest BCUT2D eigenvalue weighted by Gasteiger charge is -2.13. The first-order chi connectivity index (χ1) is 7.57. The minimum Gasteiger partial charge on any atom is -0.298 e. The fourth-order valence-electron chi connectivity index (χ4n) is 1.18. The summed E-state index contributed by atoms with van der Waals surface area (Å²) in [6.07, 6.45) is -10.7. The van der Waals surface area contributed by atoms with Crippen molar-refractivity contribution in [2.24, 2.45) is 0 Å². The van der Waals surface area contributed by atoms with Crippen LogP contribution in [0.25, 0.3) is 0 Å². The molecule has 0 atom stereocenters. The smallest absolute Gasteiger partial charge is 0.298 e. The number of hydrogen-bond acceptors (Lipinski definition) is 1. The van der Waals surface area contributed by atoms with Gasteiger partial charge < -0.3 is 0 Å². The van der Waals surface area contributed by atoms with Crippen LogP contribution in [-0.2, 0) is 12.4 Å². The van der Waals surface area contributed by atoms with Crippen LogP contribution >= 0.6 is 0 Å². The van der Waals surface area contributed by atoms with Gasteiger partial charge in [0.05, 0.1) is 5.56 Å². The minimum atomic E-state index is -5.23. The summed E-state index contributed by atoms with van der Waals surface area (Å²) < 4.78 is 86.1. The van der Waals surface area contributed by atoms with Crippen molar-refractivity contribution in [1.29, 1.82) is 0 Å². The summed E-state index contributed by atoms with van der Waals surface area (Å²) in [7, 11) is 0. The molecule has 1 aromatic rings. The molecule has 0 unspecified atom stereocenters. The average Bonchev–Trinajstić information content (AvgIpc) is 2.12. The SMILES string of the molecule is O=Cc1cc(C(F)(F)F)cc(F)c1C(F)(F)F. The second kappa shape index (κ2) is 4.01. The number of aldehydes is 1. The van der Waals surface area contributed by atoms with Gasteiger partial charge in [0, 0.05) is 5.56 Å². The molecule has 0 aliphatic carbocycles. The maximum Gasteiger partial charge on any atom is 0.419 e. The Bertz CT molecular complexity index is 444. The van der Waals surface area contributed by atoms with Crippen molar-refractivity contribution in [1.82, 2.24) is 0 Å². The zero-order chi connectivity index (χ0) is 13.4. The van der Waals surface area contributed by atoms with E-state index >= 15 is 0 Å². The van der Waals surface area contributed by atoms with Crippen LogP contribution in [0, 0.1) is 5.82 Å². The first-order valence-electron chi connectivity index (χ1n) is 4.00. The minimum absolute atomic E-state index is 0.0428. The van der Waals surface area contributed by atoms with Crippen molar-refractivity contribution < 1.29 is 35.5 Å². The van der Waals surface area contributed by atoms with Gasteiger partial charge in [0.2, 0.25) is 0 Å². The highest BCUT2D eigenvalue weighted by Gasteiger charge is 2.40. The highest BCUT2D eigenvalue weighted by Crippen LogP contribution is 2.37. The van der Waals surface area contributed by atoms with Crippen molar-refractivity contribution >= 4 is 6.29 Å². The van der Waals surface area contributed by atoms with Gasteiger partial charge in [0.25, 0.3) is 0 Å². The number of rotatable bonds is 1. The zero-order valence-corrected chi connectivity index (χ0v) is 7.79. The van der Waals surface area contributed by atoms with Gasteiger partial charge in [-0.05, 0) is 12.1 Å². The average molecular weight is 260 g/mol. The van der Waals surface area contributed by atoms with Crippen molar-refractivity contribution in [2.45, 2.75) is 12.4 Å². The van der Waals surface area contributed by atoms with Gasteiger partial charge in [-0.15, -0.1) is 0 Å². The Hall–Kier alpha value is -1.60. The molecule has 0 heterocycles. The third-order valence-electron chi connectivity index (χ3n) is 1.86. The molecule has 94 valence electrons. The van der Waals surface area contributed by atoms with Crippen LogP contribution in [0.2, 0.25) is 0 Å². The summed E-state index contributed by atoms with van der Waals surface area (Å²) >= 11 is 0. The standard InChI is InChI=1S/C9H3F7O/c10-6-2-5(8(11,12)13)1-4(3-17)7(6)9(14,15)16/h1-3H. The molecule has 0 fully saturated rings. The normalized spacial score (nSPS) is 12.6. The van der Waals surface area contributed by atoms with Crippen LogP contribution in [0.1, 0.15) is 21.5 Å². The van der Waals surface area contributed by atoms with Gasteiger partial charge in [-0.25, -0.2) is 4.39 Å². The van der Waals surface area contributed by atoms with Gasteiger partial charge in [0.1, 0.15) is 11.4 Å². The van der Waals surface area contributed by atoms with Crippen LogP contribution in [-0.4, -0.2) is 6.29 Å². The van der Waals surface area contributed by atoms with Crippen LogP contribution in [0.3, 0.4) is 0 Å². The largest absolute Gasteiger partial charge is 0.419 e. The maximum absolute atomic E-state index is 12.9. The van der Waals surface area contributed by atoms with E-state index in [9.17, 15) is 35.5 Å². The summed E-state index contributed by atoms with van der Waals surface area (Å²) in [6.45, 7) is 0. The molecule has 8 heteroatoms. The Morgan fingerprint density at radius 2 is 1.47 bits per heavy atom. The van der Waals surface area contributed by atoms with Gasteiger partial charge in [-0.1, -0.05) is 0 Å². The van der Waals surface area contributed by atoms with Gasteiger partial charge in [-0.3, -0.25) is 4.79 Å². The van der Waals surface area contributed by atoms with Crippen LogP contribution in [0.4, 0.5) is 30.7 Å². The molecular weight excluding hydrogens is 257 g/mol. The third-order valence-corrected chi connectivity index (χ3v) is 1.86. The molecule has 0 bridgehead atoms. The third kappa shape index (κ3) is 2.75. The molecule has 0 spiro atoms. The Morgan fingerprint density at radius 3 is 1.82 bits per heavy atom. The Kier molecular flexibility index (Phi) is 3.17. The van der Waals surface area contributed by atoms with Crippen LogP contribution < -0.4 is 0 Å². The maximum atomic E-state index is 12.9. The van der Waals surface area contributed by atoms with Crippen LogP contribution in [0.15, 0.2) is 12.1 Å². The van der Waals surface area contributed by atoms with E-state index in [0.29, 0.717) is 0 Å². The second-order valence-corrected chi connectivity index (χ2v) is 3.04. The number of alkyl halides is 6. The van der Waals surface area contributed by atoms with Crippen molar-refractivity contribution in [2.75, 3.05) is 0 Å². The molecule has 17 heavy (non-hydrogen) atoms. The highest BCUT2D eigenvalue weighted by atomic mass is 19.4. The number of carbonyl (C=O) groups excluding carboxylic acids is 1. The Labute approximate surface area is 89.8 Å². The van der Waals surface area contributed by atoms with E-state index in [2.05, 4.69) is 0 Å². The van der Waals surface area contributed by atoms with E-state index < -0.39 is 41.1 Å².